The van der Waals surface area contributed by atoms with E-state index in [0.717, 1.165) is 81.1 Å². The molecule has 1 amide bonds. The molecule has 0 saturated carbocycles. The zero-order valence-electron chi connectivity index (χ0n) is 24.3. The Hall–Kier alpha value is -3.49. The number of rotatable bonds is 12. The highest BCUT2D eigenvalue weighted by molar-refractivity contribution is 6.00. The van der Waals surface area contributed by atoms with E-state index in [9.17, 15) is 4.79 Å². The van der Waals surface area contributed by atoms with E-state index in [-0.39, 0.29) is 11.9 Å². The number of ether oxygens (including phenoxy) is 2. The predicted molar refractivity (Wildman–Crippen MR) is 157 cm³/mol. The molecule has 0 unspecified atom stereocenters. The van der Waals surface area contributed by atoms with Crippen LogP contribution in [-0.4, -0.2) is 81.1 Å². The maximum Gasteiger partial charge on any atom is 0.255 e. The summed E-state index contributed by atoms with van der Waals surface area (Å²) in [6.07, 6.45) is 3.48. The van der Waals surface area contributed by atoms with E-state index >= 15 is 0 Å². The summed E-state index contributed by atoms with van der Waals surface area (Å²) in [5.74, 6) is 2.43. The van der Waals surface area contributed by atoms with Gasteiger partial charge in [0.05, 0.1) is 33.1 Å². The smallest absolute Gasteiger partial charge is 0.255 e. The maximum atomic E-state index is 14.0. The van der Waals surface area contributed by atoms with E-state index < -0.39 is 0 Å². The van der Waals surface area contributed by atoms with Crippen molar-refractivity contribution >= 4 is 11.6 Å². The molecule has 2 aliphatic heterocycles. The van der Waals surface area contributed by atoms with E-state index in [4.69, 9.17) is 13.9 Å². The summed E-state index contributed by atoms with van der Waals surface area (Å²) in [6.45, 7) is 9.64. The van der Waals surface area contributed by atoms with E-state index in [1.54, 1.807) is 20.5 Å². The highest BCUT2D eigenvalue weighted by Crippen LogP contribution is 2.40. The number of fused-ring (bicyclic) bond motifs is 1. The van der Waals surface area contributed by atoms with Crippen molar-refractivity contribution in [3.8, 4) is 11.5 Å². The van der Waals surface area contributed by atoms with E-state index in [0.29, 0.717) is 18.0 Å². The van der Waals surface area contributed by atoms with Gasteiger partial charge in [-0.2, -0.15) is 0 Å². The van der Waals surface area contributed by atoms with Crippen molar-refractivity contribution in [1.82, 2.24) is 14.7 Å². The van der Waals surface area contributed by atoms with Crippen LogP contribution < -0.4 is 14.4 Å². The number of methoxy groups -OCH3 is 2. The van der Waals surface area contributed by atoms with Crippen LogP contribution in [0.1, 0.15) is 53.1 Å². The average Bonchev–Trinajstić information content (AvgIpc) is 3.62. The zero-order chi connectivity index (χ0) is 28.1. The van der Waals surface area contributed by atoms with Crippen molar-refractivity contribution < 1.29 is 18.7 Å². The van der Waals surface area contributed by atoms with Gasteiger partial charge in [-0.1, -0.05) is 19.1 Å². The Kier molecular flexibility index (Phi) is 8.97. The molecule has 2 aliphatic rings. The van der Waals surface area contributed by atoms with Gasteiger partial charge in [0, 0.05) is 49.5 Å². The molecule has 1 aromatic heterocycles. The molecule has 0 N–H and O–H groups in total. The van der Waals surface area contributed by atoms with Crippen molar-refractivity contribution in [2.45, 2.75) is 38.9 Å². The molecule has 1 atom stereocenters. The van der Waals surface area contributed by atoms with Gasteiger partial charge >= 0.3 is 0 Å². The molecule has 0 bridgehead atoms. The van der Waals surface area contributed by atoms with Gasteiger partial charge in [0.15, 0.2) is 11.5 Å². The van der Waals surface area contributed by atoms with Gasteiger partial charge in [-0.3, -0.25) is 9.69 Å². The number of carbonyl (C=O) groups is 1. The topological polar surface area (TPSA) is 61.6 Å². The minimum absolute atomic E-state index is 0.0819. The van der Waals surface area contributed by atoms with Gasteiger partial charge in [-0.15, -0.1) is 0 Å². The summed E-state index contributed by atoms with van der Waals surface area (Å²) < 4.78 is 16.7. The number of hydrogen-bond acceptors (Lipinski definition) is 7. The second-order valence-corrected chi connectivity index (χ2v) is 10.7. The minimum atomic E-state index is -0.0819. The van der Waals surface area contributed by atoms with Crippen LogP contribution in [-0.2, 0) is 13.1 Å². The van der Waals surface area contributed by atoms with Gasteiger partial charge in [-0.25, -0.2) is 0 Å². The van der Waals surface area contributed by atoms with Crippen LogP contribution in [0.2, 0.25) is 0 Å². The summed E-state index contributed by atoms with van der Waals surface area (Å²) in [4.78, 5) is 23.2. The Morgan fingerprint density at radius 2 is 1.80 bits per heavy atom. The van der Waals surface area contributed by atoms with Crippen LogP contribution in [0, 0.1) is 0 Å². The molecule has 8 heteroatoms. The predicted octanol–water partition coefficient (Wildman–Crippen LogP) is 5.05. The van der Waals surface area contributed by atoms with E-state index in [1.165, 1.54) is 5.69 Å². The summed E-state index contributed by atoms with van der Waals surface area (Å²) >= 11 is 0. The number of piperazine rings is 1. The van der Waals surface area contributed by atoms with Gasteiger partial charge in [0.25, 0.3) is 5.91 Å². The number of carbonyl (C=O) groups excluding carboxylic acids is 1. The van der Waals surface area contributed by atoms with Crippen LogP contribution in [0.4, 0.5) is 5.69 Å². The largest absolute Gasteiger partial charge is 0.493 e. The molecule has 0 radical (unpaired) electrons. The normalized spacial score (nSPS) is 16.5. The lowest BCUT2D eigenvalue weighted by molar-refractivity contribution is 0.0686. The SMILES string of the molecule is CCN1CCN(c2cccc3c2CN([C@H](CCCN(C)Cc2ccco2)c2ccc(OC)c(OC)c2)C3=O)CC1. The lowest BCUT2D eigenvalue weighted by Gasteiger charge is -2.36. The molecule has 8 nitrogen and oxygen atoms in total. The summed E-state index contributed by atoms with van der Waals surface area (Å²) in [6, 6.07) is 16.1. The summed E-state index contributed by atoms with van der Waals surface area (Å²) in [7, 11) is 5.41. The molecular formula is C32H42N4O4. The first kappa shape index (κ1) is 28.1. The molecule has 3 heterocycles. The molecule has 0 aliphatic carbocycles. The summed E-state index contributed by atoms with van der Waals surface area (Å²) in [5.41, 5.74) is 4.24. The first-order valence-corrected chi connectivity index (χ1v) is 14.3. The Balaban J connectivity index is 1.38. The third kappa shape index (κ3) is 5.98. The molecule has 0 spiro atoms. The summed E-state index contributed by atoms with van der Waals surface area (Å²) in [5, 5.41) is 0. The number of nitrogens with zero attached hydrogens (tertiary/aromatic N) is 4. The van der Waals surface area contributed by atoms with Crippen molar-refractivity contribution in [1.29, 1.82) is 0 Å². The lowest BCUT2D eigenvalue weighted by atomic mass is 9.99. The second kappa shape index (κ2) is 12.8. The molecule has 3 aromatic rings. The average molecular weight is 547 g/mol. The van der Waals surface area contributed by atoms with Gasteiger partial charge in [0.2, 0.25) is 0 Å². The fourth-order valence-corrected chi connectivity index (χ4v) is 6.06. The highest BCUT2D eigenvalue weighted by atomic mass is 16.5. The number of hydrogen-bond donors (Lipinski definition) is 0. The standard InChI is InChI=1S/C32H42N4O4/c1-5-34-16-18-35(19-17-34)29-11-6-10-26-27(29)23-36(32(26)37)28(24-13-14-30(38-3)31(21-24)39-4)12-7-15-33(2)22-25-9-8-20-40-25/h6,8-11,13-14,20-21,28H,5,7,12,15-19,22-23H2,1-4H3/t28-/m1/s1. The van der Waals surface area contributed by atoms with Crippen LogP contribution in [0.3, 0.4) is 0 Å². The second-order valence-electron chi connectivity index (χ2n) is 10.7. The van der Waals surface area contributed by atoms with Crippen molar-refractivity contribution in [3.63, 3.8) is 0 Å². The van der Waals surface area contributed by atoms with Crippen LogP contribution in [0.5, 0.6) is 11.5 Å². The monoisotopic (exact) mass is 546 g/mol. The molecule has 5 rings (SSSR count). The third-order valence-electron chi connectivity index (χ3n) is 8.32. The lowest BCUT2D eigenvalue weighted by Crippen LogP contribution is -2.46. The molecule has 1 saturated heterocycles. The molecule has 40 heavy (non-hydrogen) atoms. The first-order valence-electron chi connectivity index (χ1n) is 14.3. The van der Waals surface area contributed by atoms with Crippen molar-refractivity contribution in [2.75, 3.05) is 65.4 Å². The Morgan fingerprint density at radius 1 is 1.00 bits per heavy atom. The number of anilines is 1. The Morgan fingerprint density at radius 3 is 2.50 bits per heavy atom. The highest BCUT2D eigenvalue weighted by Gasteiger charge is 2.36. The molecule has 1 fully saturated rings. The fourth-order valence-electron chi connectivity index (χ4n) is 6.06. The van der Waals surface area contributed by atoms with Crippen molar-refractivity contribution in [3.05, 3.63) is 77.2 Å². The number of likely N-dealkylation sites (N-methyl/N-ethyl adjacent to an activating group) is 1. The maximum absolute atomic E-state index is 14.0. The molecule has 214 valence electrons. The van der Waals surface area contributed by atoms with Crippen LogP contribution >= 0.6 is 0 Å². The van der Waals surface area contributed by atoms with Crippen LogP contribution in [0.15, 0.2) is 59.2 Å². The minimum Gasteiger partial charge on any atom is -0.493 e. The Bertz CT molecular complexity index is 1270. The molecular weight excluding hydrogens is 504 g/mol. The van der Waals surface area contributed by atoms with Gasteiger partial charge < -0.3 is 28.6 Å². The third-order valence-corrected chi connectivity index (χ3v) is 8.32. The number of benzene rings is 2. The van der Waals surface area contributed by atoms with E-state index in [1.807, 2.05) is 36.4 Å². The quantitative estimate of drug-likeness (QED) is 0.315. The number of amides is 1. The van der Waals surface area contributed by atoms with Gasteiger partial charge in [0.1, 0.15) is 5.76 Å². The van der Waals surface area contributed by atoms with Crippen molar-refractivity contribution in [2.24, 2.45) is 0 Å². The zero-order valence-corrected chi connectivity index (χ0v) is 24.3. The molecule has 2 aromatic carbocycles. The first-order chi connectivity index (χ1) is 19.5. The van der Waals surface area contributed by atoms with Gasteiger partial charge in [-0.05, 0) is 74.9 Å². The Labute approximate surface area is 238 Å². The van der Waals surface area contributed by atoms with Crippen LogP contribution in [0.25, 0.3) is 0 Å². The number of furan rings is 1. The fraction of sp³-hybridized carbons (Fsp3) is 0.469. The van der Waals surface area contributed by atoms with E-state index in [2.05, 4.69) is 45.7 Å².